The minimum atomic E-state index is -0.0931. The number of hydrogen-bond acceptors (Lipinski definition) is 5. The molecule has 3 aromatic carbocycles. The third-order valence-corrected chi connectivity index (χ3v) is 7.30. The zero-order chi connectivity index (χ0) is 23.1. The normalized spacial score (nSPS) is 15.2. The monoisotopic (exact) mass is 486 g/mol. The van der Waals surface area contributed by atoms with Gasteiger partial charge in [0, 0.05) is 28.5 Å². The number of anilines is 1. The molecular weight excluding hydrogens is 468 g/mol. The molecule has 1 N–H and O–H groups in total. The Labute approximate surface area is 204 Å². The minimum absolute atomic E-state index is 0.0422. The molecule has 0 radical (unpaired) electrons. The molecule has 0 unspecified atom stereocenters. The van der Waals surface area contributed by atoms with E-state index in [2.05, 4.69) is 10.4 Å². The van der Waals surface area contributed by atoms with Crippen LogP contribution in [0.25, 0.3) is 15.3 Å². The molecule has 1 amide bonds. The molecule has 5 aromatic rings. The van der Waals surface area contributed by atoms with Crippen LogP contribution in [-0.4, -0.2) is 20.7 Å². The van der Waals surface area contributed by atoms with Gasteiger partial charge in [-0.3, -0.25) is 4.79 Å². The fourth-order valence-electron chi connectivity index (χ4n) is 4.19. The highest BCUT2D eigenvalue weighted by Gasteiger charge is 2.31. The summed E-state index contributed by atoms with van der Waals surface area (Å²) in [6.07, 6.45) is 2.19. The molecule has 1 atom stereocenters. The summed E-state index contributed by atoms with van der Waals surface area (Å²) in [5.74, 6) is 1.29. The van der Waals surface area contributed by atoms with Gasteiger partial charge in [-0.05, 0) is 35.9 Å². The van der Waals surface area contributed by atoms with Crippen LogP contribution in [0, 0.1) is 0 Å². The number of carbonyl (C=O) groups excluding carboxylic acids is 1. The van der Waals surface area contributed by atoms with Crippen LogP contribution in [0.3, 0.4) is 0 Å². The van der Waals surface area contributed by atoms with E-state index in [-0.39, 0.29) is 11.8 Å². The molecule has 2 aromatic heterocycles. The van der Waals surface area contributed by atoms with E-state index in [1.54, 1.807) is 16.0 Å². The number of carbonyl (C=O) groups is 1. The van der Waals surface area contributed by atoms with Gasteiger partial charge < -0.3 is 10.1 Å². The number of benzene rings is 3. The van der Waals surface area contributed by atoms with Gasteiger partial charge in [0.05, 0.1) is 16.4 Å². The average Bonchev–Trinajstić information content (AvgIpc) is 3.47. The molecule has 0 saturated carbocycles. The molecule has 3 heterocycles. The van der Waals surface area contributed by atoms with E-state index in [0.717, 1.165) is 37.8 Å². The Morgan fingerprint density at radius 2 is 1.85 bits per heavy atom. The number of rotatable bonds is 5. The number of halogens is 1. The van der Waals surface area contributed by atoms with Gasteiger partial charge in [0.15, 0.2) is 0 Å². The van der Waals surface area contributed by atoms with Crippen LogP contribution in [0.5, 0.6) is 5.75 Å². The Kier molecular flexibility index (Phi) is 5.28. The summed E-state index contributed by atoms with van der Waals surface area (Å²) in [6, 6.07) is 23.5. The van der Waals surface area contributed by atoms with E-state index in [0.29, 0.717) is 23.9 Å². The molecule has 0 fully saturated rings. The summed E-state index contributed by atoms with van der Waals surface area (Å²) in [5, 5.41) is 8.99. The summed E-state index contributed by atoms with van der Waals surface area (Å²) < 4.78 is 8.71. The van der Waals surface area contributed by atoms with E-state index >= 15 is 0 Å². The lowest BCUT2D eigenvalue weighted by Crippen LogP contribution is -2.24. The van der Waals surface area contributed by atoms with Crippen molar-refractivity contribution in [1.29, 1.82) is 0 Å². The first-order valence-corrected chi connectivity index (χ1v) is 12.0. The standard InChI is InChI=1S/C26H19ClN4O2S/c27-21-6-2-1-5-17(21)15-33-18-11-9-16(10-12-18)19-13-24(32)30-25-20(19)14-28-31(25)26-29-22-7-3-4-8-23(22)34-26/h1-12,14,19H,13,15H2,(H,30,32)/t19-/m0/s1. The van der Waals surface area contributed by atoms with Crippen molar-refractivity contribution in [3.8, 4) is 10.9 Å². The van der Waals surface area contributed by atoms with Crippen LogP contribution in [-0.2, 0) is 11.4 Å². The van der Waals surface area contributed by atoms with Crippen LogP contribution in [0.4, 0.5) is 5.82 Å². The highest BCUT2D eigenvalue weighted by Crippen LogP contribution is 2.39. The fraction of sp³-hybridized carbons (Fsp3) is 0.115. The number of nitrogens with zero attached hydrogens (tertiary/aromatic N) is 3. The maximum absolute atomic E-state index is 12.6. The Morgan fingerprint density at radius 3 is 2.68 bits per heavy atom. The molecule has 168 valence electrons. The molecule has 34 heavy (non-hydrogen) atoms. The third kappa shape index (κ3) is 3.83. The lowest BCUT2D eigenvalue weighted by atomic mass is 9.87. The lowest BCUT2D eigenvalue weighted by Gasteiger charge is -2.23. The molecule has 6 nitrogen and oxygen atoms in total. The van der Waals surface area contributed by atoms with Crippen molar-refractivity contribution in [3.05, 3.63) is 101 Å². The maximum atomic E-state index is 12.6. The van der Waals surface area contributed by atoms with Gasteiger partial charge in [0.25, 0.3) is 0 Å². The SMILES string of the molecule is O=C1C[C@@H](c2ccc(OCc3ccccc3Cl)cc2)c2cnn(-c3nc4ccccc4s3)c2N1. The Morgan fingerprint density at radius 1 is 1.06 bits per heavy atom. The number of hydrogen-bond donors (Lipinski definition) is 1. The molecule has 1 aliphatic rings. The molecule has 8 heteroatoms. The number of thiazole rings is 1. The summed E-state index contributed by atoms with van der Waals surface area (Å²) in [7, 11) is 0. The van der Waals surface area contributed by atoms with Crippen molar-refractivity contribution in [2.45, 2.75) is 18.9 Å². The fourth-order valence-corrected chi connectivity index (χ4v) is 5.31. The third-order valence-electron chi connectivity index (χ3n) is 5.92. The van der Waals surface area contributed by atoms with E-state index < -0.39 is 0 Å². The summed E-state index contributed by atoms with van der Waals surface area (Å²) >= 11 is 7.76. The summed E-state index contributed by atoms with van der Waals surface area (Å²) in [4.78, 5) is 17.3. The van der Waals surface area contributed by atoms with Crippen LogP contribution in [0.1, 0.15) is 29.0 Å². The second-order valence-electron chi connectivity index (χ2n) is 8.08. The van der Waals surface area contributed by atoms with E-state index in [4.69, 9.17) is 21.3 Å². The van der Waals surface area contributed by atoms with Crippen molar-refractivity contribution in [2.24, 2.45) is 0 Å². The van der Waals surface area contributed by atoms with Crippen LogP contribution in [0.2, 0.25) is 5.02 Å². The van der Waals surface area contributed by atoms with Crippen LogP contribution >= 0.6 is 22.9 Å². The Hall–Kier alpha value is -3.68. The number of fused-ring (bicyclic) bond motifs is 2. The minimum Gasteiger partial charge on any atom is -0.489 e. The maximum Gasteiger partial charge on any atom is 0.226 e. The van der Waals surface area contributed by atoms with Gasteiger partial charge in [0.1, 0.15) is 18.2 Å². The van der Waals surface area contributed by atoms with E-state index in [9.17, 15) is 4.79 Å². The summed E-state index contributed by atoms with van der Waals surface area (Å²) in [5.41, 5.74) is 3.86. The zero-order valence-electron chi connectivity index (χ0n) is 17.9. The van der Waals surface area contributed by atoms with Gasteiger partial charge in [-0.25, -0.2) is 4.98 Å². The highest BCUT2D eigenvalue weighted by atomic mass is 35.5. The van der Waals surface area contributed by atoms with Crippen molar-refractivity contribution in [1.82, 2.24) is 14.8 Å². The first kappa shape index (κ1) is 20.9. The van der Waals surface area contributed by atoms with Crippen molar-refractivity contribution < 1.29 is 9.53 Å². The summed E-state index contributed by atoms with van der Waals surface area (Å²) in [6.45, 7) is 0.393. The van der Waals surface area contributed by atoms with Gasteiger partial charge in [-0.1, -0.05) is 65.4 Å². The first-order valence-electron chi connectivity index (χ1n) is 10.9. The number of ether oxygens (including phenoxy) is 1. The quantitative estimate of drug-likeness (QED) is 0.321. The first-order chi connectivity index (χ1) is 16.7. The topological polar surface area (TPSA) is 69.0 Å². The largest absolute Gasteiger partial charge is 0.489 e. The van der Waals surface area contributed by atoms with E-state index in [1.807, 2.05) is 79.0 Å². The average molecular weight is 487 g/mol. The molecule has 0 aliphatic carbocycles. The number of nitrogens with one attached hydrogen (secondary N) is 1. The van der Waals surface area contributed by atoms with Crippen LogP contribution < -0.4 is 10.1 Å². The smallest absolute Gasteiger partial charge is 0.226 e. The predicted octanol–water partition coefficient (Wildman–Crippen LogP) is 6.19. The second-order valence-corrected chi connectivity index (χ2v) is 9.49. The van der Waals surface area contributed by atoms with Gasteiger partial charge >= 0.3 is 0 Å². The zero-order valence-corrected chi connectivity index (χ0v) is 19.5. The molecule has 0 saturated heterocycles. The molecule has 6 rings (SSSR count). The highest BCUT2D eigenvalue weighted by molar-refractivity contribution is 7.20. The predicted molar refractivity (Wildman–Crippen MR) is 134 cm³/mol. The van der Waals surface area contributed by atoms with Crippen molar-refractivity contribution in [3.63, 3.8) is 0 Å². The second kappa shape index (κ2) is 8.59. The Balaban J connectivity index is 1.27. The molecule has 0 bridgehead atoms. The van der Waals surface area contributed by atoms with Gasteiger partial charge in [-0.2, -0.15) is 9.78 Å². The lowest BCUT2D eigenvalue weighted by molar-refractivity contribution is -0.116. The van der Waals surface area contributed by atoms with Gasteiger partial charge in [0.2, 0.25) is 11.0 Å². The number of aromatic nitrogens is 3. The van der Waals surface area contributed by atoms with Crippen LogP contribution in [0.15, 0.2) is 79.0 Å². The molecular formula is C26H19ClN4O2S. The molecule has 1 aliphatic heterocycles. The number of para-hydroxylation sites is 1. The van der Waals surface area contributed by atoms with Crippen molar-refractivity contribution in [2.75, 3.05) is 5.32 Å². The number of amides is 1. The van der Waals surface area contributed by atoms with Gasteiger partial charge in [-0.15, -0.1) is 0 Å². The van der Waals surface area contributed by atoms with Crippen molar-refractivity contribution >= 4 is 44.9 Å². The van der Waals surface area contributed by atoms with E-state index in [1.165, 1.54) is 0 Å². The molecule has 0 spiro atoms. The Bertz CT molecular complexity index is 1480.